The lowest BCUT2D eigenvalue weighted by atomic mass is 10.1. The summed E-state index contributed by atoms with van der Waals surface area (Å²) in [6.07, 6.45) is 0. The second kappa shape index (κ2) is 8.24. The van der Waals surface area contributed by atoms with Crippen molar-refractivity contribution in [3.63, 3.8) is 0 Å². The lowest BCUT2D eigenvalue weighted by Crippen LogP contribution is -2.33. The number of hydrogen-bond donors (Lipinski definition) is 1. The number of ether oxygens (including phenoxy) is 2. The van der Waals surface area contributed by atoms with E-state index in [4.69, 9.17) is 9.47 Å². The average molecular weight is 334 g/mol. The van der Waals surface area contributed by atoms with E-state index in [1.54, 1.807) is 26.2 Å². The van der Waals surface area contributed by atoms with Crippen molar-refractivity contribution in [1.29, 1.82) is 0 Å². The fourth-order valence-corrected chi connectivity index (χ4v) is 1.92. The van der Waals surface area contributed by atoms with Crippen LogP contribution in [0.25, 0.3) is 0 Å². The van der Waals surface area contributed by atoms with E-state index in [9.17, 15) is 9.18 Å². The molecule has 1 unspecified atom stereocenters. The number of hydrogen-bond acceptors (Lipinski definition) is 4. The molecule has 6 heteroatoms. The maximum Gasteiger partial charge on any atom is 0.327 e. The second-order valence-corrected chi connectivity index (χ2v) is 4.71. The van der Waals surface area contributed by atoms with Gasteiger partial charge in [-0.3, -0.25) is 5.32 Å². The minimum Gasteiger partial charge on any atom is -0.465 e. The van der Waals surface area contributed by atoms with Crippen LogP contribution >= 0.6 is 15.9 Å². The van der Waals surface area contributed by atoms with Crippen molar-refractivity contribution in [3.05, 3.63) is 34.1 Å². The number of carbonyl (C=O) groups excluding carboxylic acids is 1. The van der Waals surface area contributed by atoms with Crippen LogP contribution in [-0.4, -0.2) is 32.8 Å². The van der Waals surface area contributed by atoms with Gasteiger partial charge in [0.1, 0.15) is 11.9 Å². The van der Waals surface area contributed by atoms with Crippen LogP contribution in [-0.2, 0) is 14.3 Å². The summed E-state index contributed by atoms with van der Waals surface area (Å²) in [5.74, 6) is -0.961. The summed E-state index contributed by atoms with van der Waals surface area (Å²) >= 11 is 3.18. The number of carbonyl (C=O) groups is 1. The van der Waals surface area contributed by atoms with Crippen LogP contribution in [0.5, 0.6) is 0 Å². The van der Waals surface area contributed by atoms with E-state index in [0.717, 1.165) is 0 Å². The quantitative estimate of drug-likeness (QED) is 0.615. The van der Waals surface area contributed by atoms with Gasteiger partial charge in [0.2, 0.25) is 0 Å². The zero-order valence-electron chi connectivity index (χ0n) is 10.9. The normalized spacial score (nSPS) is 12.2. The van der Waals surface area contributed by atoms with Crippen LogP contribution in [0.15, 0.2) is 22.7 Å². The maximum atomic E-state index is 13.9. The maximum absolute atomic E-state index is 13.9. The molecule has 0 spiro atoms. The topological polar surface area (TPSA) is 47.6 Å². The molecule has 4 nitrogen and oxygen atoms in total. The Balaban J connectivity index is 2.90. The molecule has 0 fully saturated rings. The van der Waals surface area contributed by atoms with E-state index >= 15 is 0 Å². The summed E-state index contributed by atoms with van der Waals surface area (Å²) in [6.45, 7) is 2.81. The fraction of sp³-hybridized carbons (Fsp3) is 0.462. The summed E-state index contributed by atoms with van der Waals surface area (Å²) in [6, 6.07) is 3.73. The van der Waals surface area contributed by atoms with E-state index in [1.807, 2.05) is 0 Å². The van der Waals surface area contributed by atoms with Crippen LogP contribution in [0.3, 0.4) is 0 Å². The van der Waals surface area contributed by atoms with Crippen LogP contribution < -0.4 is 5.32 Å². The van der Waals surface area contributed by atoms with Gasteiger partial charge in [-0.15, -0.1) is 0 Å². The molecule has 0 radical (unpaired) electrons. The Morgan fingerprint density at radius 1 is 1.53 bits per heavy atom. The summed E-state index contributed by atoms with van der Waals surface area (Å²) < 4.78 is 24.4. The highest BCUT2D eigenvalue weighted by Crippen LogP contribution is 2.22. The Hall–Kier alpha value is -0.980. The number of esters is 1. The van der Waals surface area contributed by atoms with Gasteiger partial charge in [-0.25, -0.2) is 9.18 Å². The molecule has 1 aromatic carbocycles. The molecule has 1 aromatic rings. The van der Waals surface area contributed by atoms with E-state index in [-0.39, 0.29) is 12.2 Å². The van der Waals surface area contributed by atoms with Gasteiger partial charge in [0.25, 0.3) is 0 Å². The van der Waals surface area contributed by atoms with Crippen molar-refractivity contribution in [1.82, 2.24) is 5.32 Å². The third-order valence-corrected chi connectivity index (χ3v) is 2.94. The van der Waals surface area contributed by atoms with Gasteiger partial charge in [-0.05, 0) is 19.1 Å². The molecule has 0 saturated heterocycles. The Kier molecular flexibility index (Phi) is 6.97. The third-order valence-electron chi connectivity index (χ3n) is 2.45. The van der Waals surface area contributed by atoms with Crippen molar-refractivity contribution in [2.45, 2.75) is 13.0 Å². The molecule has 1 N–H and O–H groups in total. The van der Waals surface area contributed by atoms with Gasteiger partial charge in [0, 0.05) is 23.7 Å². The summed E-state index contributed by atoms with van der Waals surface area (Å²) in [5, 5.41) is 2.93. The van der Waals surface area contributed by atoms with Gasteiger partial charge >= 0.3 is 5.97 Å². The molecule has 0 bridgehead atoms. The second-order valence-electron chi connectivity index (χ2n) is 3.80. The zero-order chi connectivity index (χ0) is 14.3. The number of rotatable bonds is 7. The van der Waals surface area contributed by atoms with Crippen molar-refractivity contribution >= 4 is 21.9 Å². The molecule has 0 aliphatic rings. The van der Waals surface area contributed by atoms with Crippen molar-refractivity contribution in [2.24, 2.45) is 0 Å². The van der Waals surface area contributed by atoms with Crippen molar-refractivity contribution < 1.29 is 18.7 Å². The number of benzene rings is 1. The van der Waals surface area contributed by atoms with E-state index in [0.29, 0.717) is 17.6 Å². The lowest BCUT2D eigenvalue weighted by molar-refractivity contribution is -0.146. The lowest BCUT2D eigenvalue weighted by Gasteiger charge is -2.18. The first-order valence-corrected chi connectivity index (χ1v) is 6.73. The molecule has 0 saturated carbocycles. The molecule has 0 aliphatic heterocycles. The van der Waals surface area contributed by atoms with Gasteiger partial charge in [-0.2, -0.15) is 0 Å². The van der Waals surface area contributed by atoms with Gasteiger partial charge in [0.15, 0.2) is 0 Å². The predicted octanol–water partition coefficient (Wildman–Crippen LogP) is 2.43. The monoisotopic (exact) mass is 333 g/mol. The summed E-state index contributed by atoms with van der Waals surface area (Å²) in [7, 11) is 1.56. The van der Waals surface area contributed by atoms with Gasteiger partial charge in [-0.1, -0.05) is 22.0 Å². The standard InChI is InChI=1S/C13H17BrFNO3/c1-3-19-13(17)12(16-6-7-18-2)10-5-4-9(14)8-11(10)15/h4-5,8,12,16H,3,6-7H2,1-2H3. The highest BCUT2D eigenvalue weighted by Gasteiger charge is 2.24. The van der Waals surface area contributed by atoms with Crippen LogP contribution in [0.2, 0.25) is 0 Å². The molecule has 106 valence electrons. The molecule has 0 amide bonds. The molecule has 1 rings (SSSR count). The van der Waals surface area contributed by atoms with Crippen molar-refractivity contribution in [3.8, 4) is 0 Å². The number of methoxy groups -OCH3 is 1. The molecule has 1 atom stereocenters. The Morgan fingerprint density at radius 3 is 2.84 bits per heavy atom. The first-order chi connectivity index (χ1) is 9.10. The van der Waals surface area contributed by atoms with Crippen LogP contribution in [0, 0.1) is 5.82 Å². The van der Waals surface area contributed by atoms with Gasteiger partial charge < -0.3 is 9.47 Å². The first-order valence-electron chi connectivity index (χ1n) is 5.94. The fourth-order valence-electron chi connectivity index (χ4n) is 1.59. The zero-order valence-corrected chi connectivity index (χ0v) is 12.5. The molecule has 0 heterocycles. The molecule has 0 aliphatic carbocycles. The van der Waals surface area contributed by atoms with E-state index in [2.05, 4.69) is 21.2 Å². The number of halogens is 2. The molecule has 19 heavy (non-hydrogen) atoms. The minimum atomic E-state index is -0.830. The molecular weight excluding hydrogens is 317 g/mol. The van der Waals surface area contributed by atoms with Gasteiger partial charge in [0.05, 0.1) is 13.2 Å². The summed E-state index contributed by atoms with van der Waals surface area (Å²) in [5.41, 5.74) is 0.262. The van der Waals surface area contributed by atoms with Crippen LogP contribution in [0.1, 0.15) is 18.5 Å². The highest BCUT2D eigenvalue weighted by molar-refractivity contribution is 9.10. The Morgan fingerprint density at radius 2 is 2.26 bits per heavy atom. The third kappa shape index (κ3) is 4.89. The Labute approximate surface area is 120 Å². The molecular formula is C13H17BrFNO3. The van der Waals surface area contributed by atoms with E-state index < -0.39 is 17.8 Å². The first kappa shape index (κ1) is 16.1. The smallest absolute Gasteiger partial charge is 0.327 e. The minimum absolute atomic E-state index is 0.249. The number of nitrogens with one attached hydrogen (secondary N) is 1. The van der Waals surface area contributed by atoms with E-state index in [1.165, 1.54) is 6.07 Å². The largest absolute Gasteiger partial charge is 0.465 e. The summed E-state index contributed by atoms with van der Waals surface area (Å²) in [4.78, 5) is 11.9. The molecule has 0 aromatic heterocycles. The SMILES string of the molecule is CCOC(=O)C(NCCOC)c1ccc(Br)cc1F. The Bertz CT molecular complexity index is 428. The predicted molar refractivity (Wildman–Crippen MR) is 73.4 cm³/mol. The van der Waals surface area contributed by atoms with Crippen LogP contribution in [0.4, 0.5) is 4.39 Å². The highest BCUT2D eigenvalue weighted by atomic mass is 79.9. The average Bonchev–Trinajstić information content (AvgIpc) is 2.36. The van der Waals surface area contributed by atoms with Crippen molar-refractivity contribution in [2.75, 3.05) is 26.9 Å².